The molecule has 2 aromatic rings. The van der Waals surface area contributed by atoms with Crippen molar-refractivity contribution in [3.63, 3.8) is 0 Å². The molecule has 2 aromatic carbocycles. The van der Waals surface area contributed by atoms with E-state index in [0.717, 1.165) is 0 Å². The molecule has 2 rings (SSSR count). The number of methoxy groups -OCH3 is 1. The Labute approximate surface area is 131 Å². The van der Waals surface area contributed by atoms with Crippen LogP contribution in [0.3, 0.4) is 0 Å². The van der Waals surface area contributed by atoms with E-state index in [4.69, 9.17) is 27.9 Å². The van der Waals surface area contributed by atoms with Crippen molar-refractivity contribution in [3.8, 4) is 0 Å². The molecule has 0 aliphatic carbocycles. The second-order valence-electron chi connectivity index (χ2n) is 4.25. The fourth-order valence-corrected chi connectivity index (χ4v) is 2.13. The Morgan fingerprint density at radius 2 is 1.90 bits per heavy atom. The summed E-state index contributed by atoms with van der Waals surface area (Å²) >= 11 is 11.7. The van der Waals surface area contributed by atoms with Crippen LogP contribution >= 0.6 is 23.2 Å². The first-order chi connectivity index (χ1) is 10.0. The summed E-state index contributed by atoms with van der Waals surface area (Å²) in [6.45, 7) is 0. The topological polar surface area (TPSA) is 38.3 Å². The highest BCUT2D eigenvalue weighted by Gasteiger charge is 2.23. The van der Waals surface area contributed by atoms with Gasteiger partial charge in [0.15, 0.2) is 6.04 Å². The second kappa shape index (κ2) is 6.78. The first kappa shape index (κ1) is 15.6. The molecule has 0 aromatic heterocycles. The molecule has 110 valence electrons. The third-order valence-electron chi connectivity index (χ3n) is 2.89. The van der Waals surface area contributed by atoms with E-state index in [1.165, 1.54) is 19.2 Å². The van der Waals surface area contributed by atoms with Gasteiger partial charge in [0, 0.05) is 0 Å². The van der Waals surface area contributed by atoms with Crippen molar-refractivity contribution in [2.75, 3.05) is 12.4 Å². The Bertz CT molecular complexity index is 664. The molecular weight excluding hydrogens is 316 g/mol. The lowest BCUT2D eigenvalue weighted by Crippen LogP contribution is -2.22. The van der Waals surface area contributed by atoms with Crippen LogP contribution in [-0.4, -0.2) is 13.1 Å². The number of rotatable bonds is 4. The highest BCUT2D eigenvalue weighted by Crippen LogP contribution is 2.28. The van der Waals surface area contributed by atoms with Gasteiger partial charge in [0.2, 0.25) is 0 Å². The van der Waals surface area contributed by atoms with Crippen LogP contribution < -0.4 is 5.32 Å². The number of anilines is 1. The Hall–Kier alpha value is -1.78. The van der Waals surface area contributed by atoms with Crippen LogP contribution in [0, 0.1) is 5.82 Å². The van der Waals surface area contributed by atoms with Gasteiger partial charge in [-0.2, -0.15) is 0 Å². The van der Waals surface area contributed by atoms with Gasteiger partial charge in [-0.1, -0.05) is 41.4 Å². The van der Waals surface area contributed by atoms with Gasteiger partial charge < -0.3 is 10.1 Å². The largest absolute Gasteiger partial charge is 0.467 e. The first-order valence-corrected chi connectivity index (χ1v) is 6.82. The standard InChI is InChI=1S/C15H12Cl2FNO2/c1-21-15(20)14(9-6-7-10(16)12(18)8-9)19-13-5-3-2-4-11(13)17/h2-8,14,19H,1H3. The summed E-state index contributed by atoms with van der Waals surface area (Å²) in [5, 5.41) is 3.38. The fourth-order valence-electron chi connectivity index (χ4n) is 1.82. The summed E-state index contributed by atoms with van der Waals surface area (Å²) in [6, 6.07) is 10.2. The molecule has 1 unspecified atom stereocenters. The number of benzene rings is 2. The summed E-state index contributed by atoms with van der Waals surface area (Å²) in [6.07, 6.45) is 0. The van der Waals surface area contributed by atoms with Crippen LogP contribution in [-0.2, 0) is 9.53 Å². The minimum absolute atomic E-state index is 0.0138. The van der Waals surface area contributed by atoms with Gasteiger partial charge in [-0.3, -0.25) is 0 Å². The number of hydrogen-bond donors (Lipinski definition) is 1. The molecule has 1 atom stereocenters. The Kier molecular flexibility index (Phi) is 5.04. The van der Waals surface area contributed by atoms with E-state index in [0.29, 0.717) is 16.3 Å². The van der Waals surface area contributed by atoms with Crippen LogP contribution in [0.5, 0.6) is 0 Å². The summed E-state index contributed by atoms with van der Waals surface area (Å²) in [5.41, 5.74) is 0.939. The van der Waals surface area contributed by atoms with Gasteiger partial charge in [0.1, 0.15) is 5.82 Å². The number of para-hydroxylation sites is 1. The summed E-state index contributed by atoms with van der Waals surface area (Å²) in [7, 11) is 1.26. The normalized spacial score (nSPS) is 11.8. The monoisotopic (exact) mass is 327 g/mol. The number of nitrogens with one attached hydrogen (secondary N) is 1. The first-order valence-electron chi connectivity index (χ1n) is 6.06. The molecule has 21 heavy (non-hydrogen) atoms. The van der Waals surface area contributed by atoms with Gasteiger partial charge in [-0.15, -0.1) is 0 Å². The number of ether oxygens (including phenoxy) is 1. The predicted octanol–water partition coefficient (Wildman–Crippen LogP) is 4.46. The van der Waals surface area contributed by atoms with Crippen LogP contribution in [0.15, 0.2) is 42.5 Å². The van der Waals surface area contributed by atoms with E-state index in [-0.39, 0.29) is 5.02 Å². The minimum Gasteiger partial charge on any atom is -0.467 e. The molecule has 1 N–H and O–H groups in total. The van der Waals surface area contributed by atoms with Crippen molar-refractivity contribution >= 4 is 34.9 Å². The maximum absolute atomic E-state index is 13.6. The average molecular weight is 328 g/mol. The van der Waals surface area contributed by atoms with Crippen molar-refractivity contribution < 1.29 is 13.9 Å². The predicted molar refractivity (Wildman–Crippen MR) is 81.2 cm³/mol. The summed E-state index contributed by atoms with van der Waals surface area (Å²) in [4.78, 5) is 11.9. The zero-order valence-corrected chi connectivity index (χ0v) is 12.6. The van der Waals surface area contributed by atoms with E-state index in [1.807, 2.05) is 0 Å². The van der Waals surface area contributed by atoms with Gasteiger partial charge >= 0.3 is 5.97 Å². The van der Waals surface area contributed by atoms with Crippen molar-refractivity contribution in [2.24, 2.45) is 0 Å². The molecule has 0 aliphatic rings. The molecule has 0 fully saturated rings. The highest BCUT2D eigenvalue weighted by atomic mass is 35.5. The number of carbonyl (C=O) groups excluding carboxylic acids is 1. The van der Waals surface area contributed by atoms with Gasteiger partial charge in [-0.05, 0) is 29.8 Å². The van der Waals surface area contributed by atoms with Gasteiger partial charge in [0.25, 0.3) is 0 Å². The van der Waals surface area contributed by atoms with Crippen LogP contribution in [0.1, 0.15) is 11.6 Å². The SMILES string of the molecule is COC(=O)C(Nc1ccccc1Cl)c1ccc(Cl)c(F)c1. The van der Waals surface area contributed by atoms with Gasteiger partial charge in [0.05, 0.1) is 22.8 Å². The molecule has 0 heterocycles. The molecule has 0 amide bonds. The number of esters is 1. The van der Waals surface area contributed by atoms with E-state index >= 15 is 0 Å². The third kappa shape index (κ3) is 3.65. The molecule has 0 spiro atoms. The second-order valence-corrected chi connectivity index (χ2v) is 5.07. The fraction of sp³-hybridized carbons (Fsp3) is 0.133. The van der Waals surface area contributed by atoms with E-state index < -0.39 is 17.8 Å². The molecule has 0 radical (unpaired) electrons. The van der Waals surface area contributed by atoms with Crippen molar-refractivity contribution in [1.29, 1.82) is 0 Å². The average Bonchev–Trinajstić information content (AvgIpc) is 2.48. The Morgan fingerprint density at radius 3 is 2.52 bits per heavy atom. The maximum atomic E-state index is 13.6. The Morgan fingerprint density at radius 1 is 1.19 bits per heavy atom. The van der Waals surface area contributed by atoms with Crippen LogP contribution in [0.2, 0.25) is 10.0 Å². The Balaban J connectivity index is 2.37. The number of carbonyl (C=O) groups is 1. The summed E-state index contributed by atoms with van der Waals surface area (Å²) in [5.74, 6) is -1.17. The maximum Gasteiger partial charge on any atom is 0.332 e. The molecule has 0 saturated heterocycles. The van der Waals surface area contributed by atoms with Crippen molar-refractivity contribution in [2.45, 2.75) is 6.04 Å². The molecule has 0 aliphatic heterocycles. The lowest BCUT2D eigenvalue weighted by atomic mass is 10.1. The minimum atomic E-state index is -0.887. The molecule has 3 nitrogen and oxygen atoms in total. The number of halogens is 3. The van der Waals surface area contributed by atoms with E-state index in [2.05, 4.69) is 5.32 Å². The van der Waals surface area contributed by atoms with Crippen LogP contribution in [0.25, 0.3) is 0 Å². The lowest BCUT2D eigenvalue weighted by Gasteiger charge is -2.19. The molecule has 0 bridgehead atoms. The molecule has 0 saturated carbocycles. The lowest BCUT2D eigenvalue weighted by molar-refractivity contribution is -0.141. The molecule has 6 heteroatoms. The van der Waals surface area contributed by atoms with Crippen molar-refractivity contribution in [1.82, 2.24) is 0 Å². The molecular formula is C15H12Cl2FNO2. The zero-order chi connectivity index (χ0) is 15.4. The zero-order valence-electron chi connectivity index (χ0n) is 11.1. The van der Waals surface area contributed by atoms with E-state index in [1.54, 1.807) is 30.3 Å². The van der Waals surface area contributed by atoms with Crippen molar-refractivity contribution in [3.05, 3.63) is 63.9 Å². The van der Waals surface area contributed by atoms with Crippen LogP contribution in [0.4, 0.5) is 10.1 Å². The highest BCUT2D eigenvalue weighted by molar-refractivity contribution is 6.33. The van der Waals surface area contributed by atoms with Gasteiger partial charge in [-0.25, -0.2) is 9.18 Å². The number of hydrogen-bond acceptors (Lipinski definition) is 3. The smallest absolute Gasteiger partial charge is 0.332 e. The third-order valence-corrected chi connectivity index (χ3v) is 3.52. The van der Waals surface area contributed by atoms with E-state index in [9.17, 15) is 9.18 Å². The summed E-state index contributed by atoms with van der Waals surface area (Å²) < 4.78 is 18.3. The quantitative estimate of drug-likeness (QED) is 0.842.